The summed E-state index contributed by atoms with van der Waals surface area (Å²) in [5.74, 6) is 0. The summed E-state index contributed by atoms with van der Waals surface area (Å²) in [6, 6.07) is 0. The van der Waals surface area contributed by atoms with Gasteiger partial charge in [-0.05, 0) is 6.08 Å². The van der Waals surface area contributed by atoms with E-state index in [1.54, 1.807) is 6.08 Å². The molecule has 1 N–H and O–H groups in total. The van der Waals surface area contributed by atoms with E-state index in [0.29, 0.717) is 13.3 Å². The van der Waals surface area contributed by atoms with Crippen molar-refractivity contribution in [2.24, 2.45) is 5.16 Å². The van der Waals surface area contributed by atoms with Gasteiger partial charge in [0, 0.05) is 19.4 Å². The Morgan fingerprint density at radius 3 is 3.13 bits per heavy atom. The van der Waals surface area contributed by atoms with Crippen molar-refractivity contribution in [3.63, 3.8) is 0 Å². The Balaban J connectivity index is 2.40. The Kier molecular flexibility index (Phi) is 4.47. The van der Waals surface area contributed by atoms with Gasteiger partial charge in [-0.2, -0.15) is 0 Å². The van der Waals surface area contributed by atoms with Crippen molar-refractivity contribution in [3.05, 3.63) is 30.8 Å². The predicted octanol–water partition coefficient (Wildman–Crippen LogP) is 0.806. The molecule has 0 aliphatic carbocycles. The maximum absolute atomic E-state index is 8.49. The molecule has 15 heavy (non-hydrogen) atoms. The fourth-order valence-corrected chi connectivity index (χ4v) is 1.25. The first-order valence-electron chi connectivity index (χ1n) is 4.55. The first-order chi connectivity index (χ1) is 7.29. The number of hydrogen-bond donors (Lipinski definition) is 1. The van der Waals surface area contributed by atoms with Crippen LogP contribution in [0.1, 0.15) is 0 Å². The summed E-state index contributed by atoms with van der Waals surface area (Å²) >= 11 is 0. The third-order valence-electron chi connectivity index (χ3n) is 2.04. The summed E-state index contributed by atoms with van der Waals surface area (Å²) in [5, 5.41) is 11.5. The van der Waals surface area contributed by atoms with Crippen molar-refractivity contribution >= 4 is 6.21 Å². The summed E-state index contributed by atoms with van der Waals surface area (Å²) in [6.07, 6.45) is 6.82. The molecule has 0 radical (unpaired) electrons. The van der Waals surface area contributed by atoms with E-state index >= 15 is 0 Å². The number of ether oxygens (including phenoxy) is 1. The van der Waals surface area contributed by atoms with E-state index in [2.05, 4.69) is 17.5 Å². The SMILES string of the molecule is C=C=CCOCN1C=CN(C)C1/C=N\O. The Morgan fingerprint density at radius 2 is 2.47 bits per heavy atom. The molecule has 0 spiro atoms. The number of nitrogens with zero attached hydrogens (tertiary/aromatic N) is 3. The normalized spacial score (nSPS) is 19.9. The van der Waals surface area contributed by atoms with Crippen LogP contribution in [0.5, 0.6) is 0 Å². The zero-order chi connectivity index (χ0) is 11.1. The molecule has 0 aromatic heterocycles. The van der Waals surface area contributed by atoms with E-state index in [1.165, 1.54) is 6.21 Å². The Hall–Kier alpha value is -1.71. The highest BCUT2D eigenvalue weighted by Crippen LogP contribution is 2.11. The van der Waals surface area contributed by atoms with Crippen LogP contribution in [0, 0.1) is 0 Å². The standard InChI is InChI=1S/C10H15N3O2/c1-3-4-7-15-9-13-6-5-12(2)10(13)8-11-14/h4-6,8,10,14H,1,7,9H2,2H3/b11-8-. The molecule has 0 amide bonds. The molecule has 1 aliphatic rings. The minimum atomic E-state index is -0.0947. The molecule has 0 fully saturated rings. The van der Waals surface area contributed by atoms with Gasteiger partial charge in [0.25, 0.3) is 0 Å². The van der Waals surface area contributed by atoms with E-state index in [4.69, 9.17) is 9.94 Å². The number of hydrogen-bond acceptors (Lipinski definition) is 5. The molecule has 0 aromatic carbocycles. The molecule has 0 aromatic rings. The maximum Gasteiger partial charge on any atom is 0.142 e. The summed E-state index contributed by atoms with van der Waals surface area (Å²) in [5.41, 5.74) is 2.62. The van der Waals surface area contributed by atoms with Crippen LogP contribution in [0.15, 0.2) is 35.9 Å². The van der Waals surface area contributed by atoms with Crippen LogP contribution in [0.25, 0.3) is 0 Å². The molecule has 1 rings (SSSR count). The number of oxime groups is 1. The minimum Gasteiger partial charge on any atom is -0.411 e. The molecule has 82 valence electrons. The Labute approximate surface area is 89.2 Å². The lowest BCUT2D eigenvalue weighted by Crippen LogP contribution is -2.39. The van der Waals surface area contributed by atoms with Crippen molar-refractivity contribution in [2.75, 3.05) is 20.4 Å². The van der Waals surface area contributed by atoms with Gasteiger partial charge in [-0.3, -0.25) is 0 Å². The third-order valence-corrected chi connectivity index (χ3v) is 2.04. The van der Waals surface area contributed by atoms with Crippen molar-refractivity contribution < 1.29 is 9.94 Å². The van der Waals surface area contributed by atoms with Gasteiger partial charge in [-0.15, -0.1) is 5.73 Å². The minimum absolute atomic E-state index is 0.0947. The quantitative estimate of drug-likeness (QED) is 0.239. The van der Waals surface area contributed by atoms with Crippen molar-refractivity contribution in [3.8, 4) is 0 Å². The van der Waals surface area contributed by atoms with E-state index in [-0.39, 0.29) is 6.17 Å². The highest BCUT2D eigenvalue weighted by Gasteiger charge is 2.21. The van der Waals surface area contributed by atoms with Crippen molar-refractivity contribution in [2.45, 2.75) is 6.17 Å². The largest absolute Gasteiger partial charge is 0.411 e. The smallest absolute Gasteiger partial charge is 0.142 e. The zero-order valence-electron chi connectivity index (χ0n) is 8.71. The predicted molar refractivity (Wildman–Crippen MR) is 57.3 cm³/mol. The Morgan fingerprint density at radius 1 is 1.67 bits per heavy atom. The lowest BCUT2D eigenvalue weighted by atomic mass is 10.5. The Bertz CT molecular complexity index is 295. The van der Waals surface area contributed by atoms with Crippen LogP contribution in [0.2, 0.25) is 0 Å². The van der Waals surface area contributed by atoms with Crippen molar-refractivity contribution in [1.82, 2.24) is 9.80 Å². The summed E-state index contributed by atoms with van der Waals surface area (Å²) in [4.78, 5) is 3.81. The molecule has 5 heteroatoms. The molecule has 0 saturated carbocycles. The average molecular weight is 209 g/mol. The van der Waals surface area contributed by atoms with E-state index in [0.717, 1.165) is 0 Å². The lowest BCUT2D eigenvalue weighted by Gasteiger charge is -2.26. The molecule has 1 atom stereocenters. The van der Waals surface area contributed by atoms with Gasteiger partial charge in [0.15, 0.2) is 0 Å². The average Bonchev–Trinajstić information content (AvgIpc) is 2.57. The maximum atomic E-state index is 8.49. The van der Waals surface area contributed by atoms with Crippen molar-refractivity contribution in [1.29, 1.82) is 0 Å². The van der Waals surface area contributed by atoms with Crippen LogP contribution < -0.4 is 0 Å². The fraction of sp³-hybridized carbons (Fsp3) is 0.400. The summed E-state index contributed by atoms with van der Waals surface area (Å²) in [6.45, 7) is 4.33. The van der Waals surface area contributed by atoms with Gasteiger partial charge in [0.2, 0.25) is 0 Å². The number of rotatable bonds is 5. The highest BCUT2D eigenvalue weighted by molar-refractivity contribution is 5.64. The molecular weight excluding hydrogens is 194 g/mol. The molecular formula is C10H15N3O2. The summed E-state index contributed by atoms with van der Waals surface area (Å²) in [7, 11) is 1.90. The van der Waals surface area contributed by atoms with Crippen LogP contribution in [-0.2, 0) is 4.74 Å². The molecule has 1 unspecified atom stereocenters. The van der Waals surface area contributed by atoms with Crippen LogP contribution in [0.4, 0.5) is 0 Å². The van der Waals surface area contributed by atoms with Gasteiger partial charge >= 0.3 is 0 Å². The molecule has 1 heterocycles. The topological polar surface area (TPSA) is 48.3 Å². The first-order valence-corrected chi connectivity index (χ1v) is 4.55. The molecule has 1 aliphatic heterocycles. The lowest BCUT2D eigenvalue weighted by molar-refractivity contribution is 0.0495. The summed E-state index contributed by atoms with van der Waals surface area (Å²) < 4.78 is 5.33. The highest BCUT2D eigenvalue weighted by atomic mass is 16.5. The van der Waals surface area contributed by atoms with Gasteiger partial charge in [0.1, 0.15) is 12.9 Å². The molecule has 5 nitrogen and oxygen atoms in total. The monoisotopic (exact) mass is 209 g/mol. The first kappa shape index (κ1) is 11.4. The van der Waals surface area contributed by atoms with E-state index in [9.17, 15) is 0 Å². The second-order valence-electron chi connectivity index (χ2n) is 3.06. The van der Waals surface area contributed by atoms with Crippen LogP contribution >= 0.6 is 0 Å². The second kappa shape index (κ2) is 5.90. The zero-order valence-corrected chi connectivity index (χ0v) is 8.71. The third kappa shape index (κ3) is 3.16. The van der Waals surface area contributed by atoms with Gasteiger partial charge < -0.3 is 19.7 Å². The molecule has 0 bridgehead atoms. The van der Waals surface area contributed by atoms with Gasteiger partial charge in [-0.25, -0.2) is 0 Å². The second-order valence-corrected chi connectivity index (χ2v) is 3.06. The van der Waals surface area contributed by atoms with Crippen LogP contribution in [0.3, 0.4) is 0 Å². The molecule has 0 saturated heterocycles. The van der Waals surface area contributed by atoms with E-state index in [1.807, 2.05) is 29.2 Å². The van der Waals surface area contributed by atoms with Gasteiger partial charge in [0.05, 0.1) is 12.8 Å². The fourth-order valence-electron chi connectivity index (χ4n) is 1.25. The van der Waals surface area contributed by atoms with Crippen LogP contribution in [-0.4, -0.2) is 47.8 Å². The van der Waals surface area contributed by atoms with Gasteiger partial charge in [-0.1, -0.05) is 11.7 Å². The van der Waals surface area contributed by atoms with E-state index < -0.39 is 0 Å².